The first-order valence-electron chi connectivity index (χ1n) is 9.51. The fourth-order valence-corrected chi connectivity index (χ4v) is 3.91. The summed E-state index contributed by atoms with van der Waals surface area (Å²) in [5.41, 5.74) is 5.18. The second kappa shape index (κ2) is 11.3. The summed E-state index contributed by atoms with van der Waals surface area (Å²) in [6, 6.07) is 16.6. The molecule has 0 aliphatic rings. The Balaban J connectivity index is 1.51. The second-order valence-electron chi connectivity index (χ2n) is 6.42. The monoisotopic (exact) mass is 579 g/mol. The highest BCUT2D eigenvalue weighted by atomic mass is 79.9. The molecule has 0 unspecified atom stereocenters. The third-order valence-corrected chi connectivity index (χ3v) is 5.73. The van der Waals surface area contributed by atoms with E-state index in [0.29, 0.717) is 23.7 Å². The van der Waals surface area contributed by atoms with Crippen molar-refractivity contribution >= 4 is 71.8 Å². The number of hydrazine groups is 1. The molecule has 0 aliphatic carbocycles. The summed E-state index contributed by atoms with van der Waals surface area (Å²) >= 11 is 11.9. The van der Waals surface area contributed by atoms with Gasteiger partial charge in [-0.3, -0.25) is 25.8 Å². The van der Waals surface area contributed by atoms with Crippen LogP contribution < -0.4 is 25.6 Å². The van der Waals surface area contributed by atoms with Crippen molar-refractivity contribution in [2.45, 2.75) is 6.92 Å². The number of halogens is 2. The summed E-state index contributed by atoms with van der Waals surface area (Å²) in [5, 5.41) is 4.46. The van der Waals surface area contributed by atoms with Crippen LogP contribution in [-0.2, 0) is 4.79 Å². The van der Waals surface area contributed by atoms with E-state index in [1.807, 2.05) is 37.3 Å². The predicted molar refractivity (Wildman–Crippen MR) is 134 cm³/mol. The number of benzene rings is 3. The van der Waals surface area contributed by atoms with Gasteiger partial charge in [0, 0.05) is 4.47 Å². The molecule has 10 heteroatoms. The van der Waals surface area contributed by atoms with Gasteiger partial charge in [-0.1, -0.05) is 46.3 Å². The average Bonchev–Trinajstić information content (AvgIpc) is 2.78. The van der Waals surface area contributed by atoms with Gasteiger partial charge in [-0.2, -0.15) is 0 Å². The molecule has 0 heterocycles. The lowest BCUT2D eigenvalue weighted by molar-refractivity contribution is -0.123. The van der Waals surface area contributed by atoms with E-state index in [0.717, 1.165) is 19.7 Å². The van der Waals surface area contributed by atoms with Crippen molar-refractivity contribution in [2.24, 2.45) is 0 Å². The molecule has 7 nitrogen and oxygen atoms in total. The Morgan fingerprint density at radius 3 is 2.50 bits per heavy atom. The van der Waals surface area contributed by atoms with Crippen LogP contribution in [0.5, 0.6) is 11.5 Å². The minimum absolute atomic E-state index is 0.0716. The molecule has 3 N–H and O–H groups in total. The SMILES string of the molecule is CCOc1ccc(Br)cc1C(=O)NC(=S)NNC(=O)COc1ccc2ccccc2c1Br. The van der Waals surface area contributed by atoms with Crippen molar-refractivity contribution in [2.75, 3.05) is 13.2 Å². The molecule has 3 rings (SSSR count). The van der Waals surface area contributed by atoms with Crippen LogP contribution in [0.15, 0.2) is 63.5 Å². The number of ether oxygens (including phenoxy) is 2. The van der Waals surface area contributed by atoms with Gasteiger partial charge in [0.25, 0.3) is 11.8 Å². The molecule has 0 aromatic heterocycles. The van der Waals surface area contributed by atoms with E-state index in [4.69, 9.17) is 21.7 Å². The van der Waals surface area contributed by atoms with Gasteiger partial charge in [0.1, 0.15) is 11.5 Å². The van der Waals surface area contributed by atoms with Crippen LogP contribution in [0.4, 0.5) is 0 Å². The van der Waals surface area contributed by atoms with E-state index in [9.17, 15) is 9.59 Å². The normalized spacial score (nSPS) is 10.3. The van der Waals surface area contributed by atoms with Crippen LogP contribution in [0.25, 0.3) is 10.8 Å². The number of carbonyl (C=O) groups is 2. The smallest absolute Gasteiger partial charge is 0.276 e. The van der Waals surface area contributed by atoms with E-state index in [1.54, 1.807) is 24.3 Å². The van der Waals surface area contributed by atoms with Crippen LogP contribution in [0.1, 0.15) is 17.3 Å². The van der Waals surface area contributed by atoms with E-state index in [1.165, 1.54) is 0 Å². The minimum Gasteiger partial charge on any atom is -0.493 e. The minimum atomic E-state index is -0.474. The van der Waals surface area contributed by atoms with Crippen molar-refractivity contribution in [1.82, 2.24) is 16.2 Å². The first-order chi connectivity index (χ1) is 15.4. The predicted octanol–water partition coefficient (Wildman–Crippen LogP) is 4.48. The number of carbonyl (C=O) groups excluding carboxylic acids is 2. The number of nitrogens with one attached hydrogen (secondary N) is 3. The zero-order valence-corrected chi connectivity index (χ0v) is 20.9. The van der Waals surface area contributed by atoms with Gasteiger partial charge in [0.05, 0.1) is 16.6 Å². The molecule has 0 bridgehead atoms. The molecule has 0 fully saturated rings. The van der Waals surface area contributed by atoms with Crippen LogP contribution in [0.3, 0.4) is 0 Å². The molecule has 3 aromatic rings. The molecular weight excluding hydrogens is 562 g/mol. The van der Waals surface area contributed by atoms with Crippen molar-refractivity contribution in [1.29, 1.82) is 0 Å². The van der Waals surface area contributed by atoms with Crippen LogP contribution in [-0.4, -0.2) is 30.1 Å². The molecule has 0 spiro atoms. The topological polar surface area (TPSA) is 88.7 Å². The van der Waals surface area contributed by atoms with Gasteiger partial charge in [-0.15, -0.1) is 0 Å². The van der Waals surface area contributed by atoms with Crippen LogP contribution >= 0.6 is 44.1 Å². The zero-order chi connectivity index (χ0) is 23.1. The molecule has 0 saturated carbocycles. The fourth-order valence-electron chi connectivity index (χ4n) is 2.79. The van der Waals surface area contributed by atoms with E-state index >= 15 is 0 Å². The van der Waals surface area contributed by atoms with E-state index in [-0.39, 0.29) is 11.7 Å². The quantitative estimate of drug-likeness (QED) is 0.294. The summed E-state index contributed by atoms with van der Waals surface area (Å²) in [6.07, 6.45) is 0. The van der Waals surface area contributed by atoms with Crippen molar-refractivity contribution < 1.29 is 19.1 Å². The maximum absolute atomic E-state index is 12.5. The summed E-state index contributed by atoms with van der Waals surface area (Å²) in [7, 11) is 0. The largest absolute Gasteiger partial charge is 0.493 e. The Hall–Kier alpha value is -2.69. The number of hydrogen-bond acceptors (Lipinski definition) is 5. The summed E-state index contributed by atoms with van der Waals surface area (Å²) in [6.45, 7) is 1.98. The van der Waals surface area contributed by atoms with Gasteiger partial charge in [-0.05, 0) is 70.1 Å². The summed E-state index contributed by atoms with van der Waals surface area (Å²) in [4.78, 5) is 24.6. The average molecular weight is 581 g/mol. The van der Waals surface area contributed by atoms with Gasteiger partial charge in [-0.25, -0.2) is 0 Å². The van der Waals surface area contributed by atoms with E-state index < -0.39 is 11.8 Å². The Labute approximate surface area is 207 Å². The lowest BCUT2D eigenvalue weighted by Gasteiger charge is -2.14. The number of amides is 2. The van der Waals surface area contributed by atoms with Crippen molar-refractivity contribution in [3.8, 4) is 11.5 Å². The van der Waals surface area contributed by atoms with Crippen LogP contribution in [0.2, 0.25) is 0 Å². The third kappa shape index (κ3) is 6.18. The third-order valence-electron chi connectivity index (χ3n) is 4.22. The number of fused-ring (bicyclic) bond motifs is 1. The lowest BCUT2D eigenvalue weighted by atomic mass is 10.1. The van der Waals surface area contributed by atoms with Gasteiger partial charge < -0.3 is 9.47 Å². The first-order valence-corrected chi connectivity index (χ1v) is 11.5. The highest BCUT2D eigenvalue weighted by molar-refractivity contribution is 9.11. The Morgan fingerprint density at radius 1 is 0.969 bits per heavy atom. The fraction of sp³-hybridized carbons (Fsp3) is 0.136. The van der Waals surface area contributed by atoms with Crippen molar-refractivity contribution in [3.63, 3.8) is 0 Å². The highest BCUT2D eigenvalue weighted by Crippen LogP contribution is 2.32. The number of hydrogen-bond donors (Lipinski definition) is 3. The van der Waals surface area contributed by atoms with Crippen LogP contribution in [0, 0.1) is 0 Å². The molecular formula is C22H19Br2N3O4S. The Bertz CT molecular complexity index is 1170. The molecule has 0 aliphatic heterocycles. The molecule has 0 radical (unpaired) electrons. The van der Waals surface area contributed by atoms with Gasteiger partial charge >= 0.3 is 0 Å². The van der Waals surface area contributed by atoms with Gasteiger partial charge in [0.2, 0.25) is 0 Å². The maximum Gasteiger partial charge on any atom is 0.276 e. The molecule has 166 valence electrons. The molecule has 0 atom stereocenters. The summed E-state index contributed by atoms with van der Waals surface area (Å²) < 4.78 is 12.5. The Kier molecular flexibility index (Phi) is 8.43. The molecule has 2 amide bonds. The number of thiocarbonyl (C=S) groups is 1. The Morgan fingerprint density at radius 2 is 1.72 bits per heavy atom. The first kappa shape index (κ1) is 24.0. The number of rotatable bonds is 6. The zero-order valence-electron chi connectivity index (χ0n) is 16.9. The van der Waals surface area contributed by atoms with Crippen molar-refractivity contribution in [3.05, 3.63) is 69.1 Å². The molecule has 0 saturated heterocycles. The molecule has 3 aromatic carbocycles. The lowest BCUT2D eigenvalue weighted by Crippen LogP contribution is -2.49. The maximum atomic E-state index is 12.5. The van der Waals surface area contributed by atoms with E-state index in [2.05, 4.69) is 48.0 Å². The highest BCUT2D eigenvalue weighted by Gasteiger charge is 2.15. The van der Waals surface area contributed by atoms with Gasteiger partial charge in [0.15, 0.2) is 11.7 Å². The molecule has 32 heavy (non-hydrogen) atoms. The summed E-state index contributed by atoms with van der Waals surface area (Å²) in [5.74, 6) is 0.0131. The standard InChI is InChI=1S/C22H19Br2N3O4S/c1-2-30-17-10-8-14(23)11-16(17)21(29)25-22(32)27-26-19(28)12-31-18-9-7-13-5-3-4-6-15(13)20(18)24/h3-11H,2,12H2,1H3,(H,26,28)(H2,25,27,29,32). The second-order valence-corrected chi connectivity index (χ2v) is 8.53.